The molecule has 8 heteroatoms. The molecule has 18 rings (SSSR count). The lowest BCUT2D eigenvalue weighted by molar-refractivity contribution is 1.06. The minimum atomic E-state index is 0.0648. The van der Waals surface area contributed by atoms with Crippen LogP contribution in [0.1, 0.15) is 0 Å². The van der Waals surface area contributed by atoms with Crippen molar-refractivity contribution in [2.45, 2.75) is 0 Å². The van der Waals surface area contributed by atoms with Gasteiger partial charge in [0.1, 0.15) is 0 Å². The molecule has 0 N–H and O–H groups in total. The van der Waals surface area contributed by atoms with Crippen LogP contribution in [0.4, 0.5) is 51.2 Å². The summed E-state index contributed by atoms with van der Waals surface area (Å²) in [7, 11) is 0. The number of benzene rings is 14. The van der Waals surface area contributed by atoms with Crippen molar-refractivity contribution in [1.29, 1.82) is 0 Å². The molecule has 444 valence electrons. The lowest BCUT2D eigenvalue weighted by Crippen LogP contribution is -2.61. The fourth-order valence-corrected chi connectivity index (χ4v) is 14.6. The van der Waals surface area contributed by atoms with E-state index in [9.17, 15) is 0 Å². The number of anilines is 9. The molecule has 2 aromatic heterocycles. The maximum Gasteiger partial charge on any atom is 0.252 e. The largest absolute Gasteiger partial charge is 0.311 e. The molecular weight excluding hydrogens is 1150 g/mol. The van der Waals surface area contributed by atoms with Crippen LogP contribution in [0, 0.1) is 0 Å². The average molecular weight is 1210 g/mol. The summed E-state index contributed by atoms with van der Waals surface area (Å²) >= 11 is 0. The first-order chi connectivity index (χ1) is 47.1. The molecule has 0 atom stereocenters. The van der Waals surface area contributed by atoms with Gasteiger partial charge in [-0.3, -0.25) is 0 Å². The molecule has 16 aromatic rings. The average Bonchev–Trinajstić information content (AvgIpc) is 0.798. The van der Waals surface area contributed by atoms with Crippen LogP contribution in [-0.4, -0.2) is 26.2 Å². The minimum absolute atomic E-state index is 0.0648. The standard InChI is InChI=1S/C87H58BN7/c1-6-27-59(28-7-1)85-89-86(60-29-8-2-9-30-60)91-87(90-85)73-45-25-44-71(84(73)95-77-48-19-16-43-72(77)74-58-70(53-54-78(74)95)92(66-36-10-3-11-37-66)67-38-12-4-13-39-67)65-35-23-33-63(56-65)61-31-22-32-62(55-61)64-34-24-42-69(57-64)94-80-50-21-18-47-76(80)88-75-46-17-20-49-79(75)93(68-40-14-5-15-41-68)81-51-26-52-82(94)83(81)88/h1-58H. The van der Waals surface area contributed by atoms with Crippen molar-refractivity contribution in [1.82, 2.24) is 19.5 Å². The second-order valence-electron chi connectivity index (χ2n) is 24.3. The molecule has 95 heavy (non-hydrogen) atoms. The van der Waals surface area contributed by atoms with Gasteiger partial charge < -0.3 is 19.3 Å². The van der Waals surface area contributed by atoms with Crippen LogP contribution in [0.3, 0.4) is 0 Å². The predicted molar refractivity (Wildman–Crippen MR) is 395 cm³/mol. The van der Waals surface area contributed by atoms with Crippen molar-refractivity contribution < 1.29 is 0 Å². The predicted octanol–water partition coefficient (Wildman–Crippen LogP) is 20.5. The number of rotatable bonds is 12. The van der Waals surface area contributed by atoms with Gasteiger partial charge in [0.2, 0.25) is 0 Å². The normalized spacial score (nSPS) is 12.1. The lowest BCUT2D eigenvalue weighted by Gasteiger charge is -2.44. The van der Waals surface area contributed by atoms with E-state index in [1.54, 1.807) is 0 Å². The van der Waals surface area contributed by atoms with E-state index in [0.717, 1.165) is 106 Å². The first kappa shape index (κ1) is 55.2. The number of hydrogen-bond acceptors (Lipinski definition) is 6. The van der Waals surface area contributed by atoms with Crippen LogP contribution in [0.25, 0.3) is 95.0 Å². The summed E-state index contributed by atoms with van der Waals surface area (Å²) in [6, 6.07) is 126. The SMILES string of the molecule is c1ccc(-c2nc(-c3ccccc3)nc(-c3cccc(-c4cccc(-c5cccc(-c6cccc(N7c8ccccc8B8c9ccccc9N(c9ccccc9)c9cccc7c98)c6)c5)c4)c3-n3c4ccccc4c4cc(N(c5ccccc5)c5ccccc5)ccc43)n2)cc1. The van der Waals surface area contributed by atoms with E-state index in [1.165, 1.54) is 39.1 Å². The Kier molecular flexibility index (Phi) is 13.5. The summed E-state index contributed by atoms with van der Waals surface area (Å²) in [6.07, 6.45) is 0. The van der Waals surface area contributed by atoms with E-state index < -0.39 is 0 Å². The third-order valence-corrected chi connectivity index (χ3v) is 18.8. The molecule has 4 heterocycles. The minimum Gasteiger partial charge on any atom is -0.311 e. The van der Waals surface area contributed by atoms with E-state index in [-0.39, 0.29) is 6.71 Å². The number of hydrogen-bond donors (Lipinski definition) is 0. The van der Waals surface area contributed by atoms with Crippen molar-refractivity contribution in [2.75, 3.05) is 14.7 Å². The zero-order valence-corrected chi connectivity index (χ0v) is 51.7. The van der Waals surface area contributed by atoms with Crippen molar-refractivity contribution in [3.05, 3.63) is 352 Å². The molecule has 0 bridgehead atoms. The van der Waals surface area contributed by atoms with Crippen LogP contribution in [0.15, 0.2) is 352 Å². The van der Waals surface area contributed by atoms with Gasteiger partial charge in [-0.15, -0.1) is 0 Å². The molecular formula is C87H58BN7. The number of nitrogens with zero attached hydrogens (tertiary/aromatic N) is 7. The Morgan fingerprint density at radius 1 is 0.263 bits per heavy atom. The maximum atomic E-state index is 5.42. The first-order valence-corrected chi connectivity index (χ1v) is 32.4. The van der Waals surface area contributed by atoms with E-state index in [2.05, 4.69) is 335 Å². The number of para-hydroxylation sites is 7. The number of fused-ring (bicyclic) bond motifs is 7. The maximum absolute atomic E-state index is 5.42. The van der Waals surface area contributed by atoms with Crippen molar-refractivity contribution >= 4 is 96.1 Å². The molecule has 7 nitrogen and oxygen atoms in total. The monoisotopic (exact) mass is 1210 g/mol. The van der Waals surface area contributed by atoms with Gasteiger partial charge in [-0.2, -0.15) is 0 Å². The highest BCUT2D eigenvalue weighted by Crippen LogP contribution is 2.47. The molecule has 0 fully saturated rings. The molecule has 0 saturated heterocycles. The zero-order chi connectivity index (χ0) is 62.8. The van der Waals surface area contributed by atoms with E-state index in [4.69, 9.17) is 15.0 Å². The number of aromatic nitrogens is 4. The van der Waals surface area contributed by atoms with Gasteiger partial charge >= 0.3 is 0 Å². The Hall–Kier alpha value is -12.6. The Balaban J connectivity index is 0.784. The van der Waals surface area contributed by atoms with E-state index >= 15 is 0 Å². The summed E-state index contributed by atoms with van der Waals surface area (Å²) in [5.41, 5.74) is 26.4. The smallest absolute Gasteiger partial charge is 0.252 e. The van der Waals surface area contributed by atoms with Crippen LogP contribution < -0.4 is 31.1 Å². The molecule has 0 spiro atoms. The van der Waals surface area contributed by atoms with Gasteiger partial charge in [-0.1, -0.05) is 237 Å². The quantitative estimate of drug-likeness (QED) is 0.114. The highest BCUT2D eigenvalue weighted by Gasteiger charge is 2.43. The van der Waals surface area contributed by atoms with E-state index in [1.807, 2.05) is 36.4 Å². The molecule has 0 saturated carbocycles. The third kappa shape index (κ3) is 9.57. The van der Waals surface area contributed by atoms with Gasteiger partial charge in [-0.05, 0) is 159 Å². The van der Waals surface area contributed by atoms with Crippen LogP contribution in [-0.2, 0) is 0 Å². The summed E-state index contributed by atoms with van der Waals surface area (Å²) in [5, 5.41) is 2.25. The molecule has 0 radical (unpaired) electrons. The molecule has 2 aliphatic heterocycles. The van der Waals surface area contributed by atoms with Crippen molar-refractivity contribution in [3.8, 4) is 73.2 Å². The molecule has 14 aromatic carbocycles. The van der Waals surface area contributed by atoms with Gasteiger partial charge in [0.15, 0.2) is 17.5 Å². The first-order valence-electron chi connectivity index (χ1n) is 32.4. The van der Waals surface area contributed by atoms with Gasteiger partial charge in [0.25, 0.3) is 6.71 Å². The topological polar surface area (TPSA) is 53.3 Å². The van der Waals surface area contributed by atoms with Crippen molar-refractivity contribution in [3.63, 3.8) is 0 Å². The Morgan fingerprint density at radius 2 is 0.684 bits per heavy atom. The van der Waals surface area contributed by atoms with Crippen LogP contribution >= 0.6 is 0 Å². The summed E-state index contributed by atoms with van der Waals surface area (Å²) < 4.78 is 2.44. The highest BCUT2D eigenvalue weighted by molar-refractivity contribution is 7.00. The fraction of sp³-hybridized carbons (Fsp3) is 0. The fourth-order valence-electron chi connectivity index (χ4n) is 14.6. The van der Waals surface area contributed by atoms with Crippen molar-refractivity contribution in [2.24, 2.45) is 0 Å². The third-order valence-electron chi connectivity index (χ3n) is 18.8. The Morgan fingerprint density at radius 3 is 1.31 bits per heavy atom. The Labute approximate surface area is 552 Å². The van der Waals surface area contributed by atoms with Crippen LogP contribution in [0.5, 0.6) is 0 Å². The summed E-state index contributed by atoms with van der Waals surface area (Å²) in [4.78, 5) is 23.3. The van der Waals surface area contributed by atoms with Gasteiger partial charge in [0.05, 0.1) is 16.7 Å². The summed E-state index contributed by atoms with van der Waals surface area (Å²) in [5.74, 6) is 1.77. The highest BCUT2D eigenvalue weighted by atomic mass is 15.2. The molecule has 0 unspecified atom stereocenters. The van der Waals surface area contributed by atoms with Crippen LogP contribution in [0.2, 0.25) is 0 Å². The Bertz CT molecular complexity index is 5490. The zero-order valence-electron chi connectivity index (χ0n) is 51.7. The van der Waals surface area contributed by atoms with E-state index in [0.29, 0.717) is 17.5 Å². The second kappa shape index (κ2) is 23.2. The second-order valence-corrected chi connectivity index (χ2v) is 24.3. The lowest BCUT2D eigenvalue weighted by atomic mass is 9.33. The van der Waals surface area contributed by atoms with Gasteiger partial charge in [0, 0.05) is 84.2 Å². The molecule has 0 aliphatic carbocycles. The molecule has 0 amide bonds. The van der Waals surface area contributed by atoms with Gasteiger partial charge in [-0.25, -0.2) is 15.0 Å². The molecule has 2 aliphatic rings. The summed E-state index contributed by atoms with van der Waals surface area (Å²) in [6.45, 7) is 0.0648.